The second-order valence-corrected chi connectivity index (χ2v) is 9.09. The predicted molar refractivity (Wildman–Crippen MR) is 114 cm³/mol. The van der Waals surface area contributed by atoms with E-state index in [9.17, 15) is 9.59 Å². The molecule has 1 fully saturated rings. The van der Waals surface area contributed by atoms with E-state index >= 15 is 0 Å². The molecule has 0 bridgehead atoms. The molecule has 1 aromatic heterocycles. The van der Waals surface area contributed by atoms with E-state index in [-0.39, 0.29) is 11.7 Å². The maximum absolute atomic E-state index is 12.0. The third-order valence-corrected chi connectivity index (χ3v) is 6.76. The van der Waals surface area contributed by atoms with Crippen LogP contribution >= 0.6 is 23.1 Å². The average molecular weight is 420 g/mol. The first-order valence-electron chi connectivity index (χ1n) is 9.41. The number of amides is 3. The van der Waals surface area contributed by atoms with Crippen LogP contribution in [-0.4, -0.2) is 33.9 Å². The molecule has 0 aliphatic heterocycles. The fourth-order valence-electron chi connectivity index (χ4n) is 3.08. The zero-order valence-corrected chi connectivity index (χ0v) is 17.7. The number of urea groups is 1. The molecule has 0 unspecified atom stereocenters. The molecule has 2 aromatic rings. The van der Waals surface area contributed by atoms with Crippen LogP contribution in [0.1, 0.15) is 43.2 Å². The monoisotopic (exact) mass is 419 g/mol. The van der Waals surface area contributed by atoms with E-state index in [2.05, 4.69) is 26.1 Å². The molecule has 1 aromatic carbocycles. The Bertz CT molecular complexity index is 833. The van der Waals surface area contributed by atoms with Crippen LogP contribution in [0.3, 0.4) is 0 Å². The molecule has 3 rings (SSSR count). The minimum Gasteiger partial charge on any atom is -0.357 e. The Morgan fingerprint density at radius 1 is 1.18 bits per heavy atom. The van der Waals surface area contributed by atoms with Crippen LogP contribution < -0.4 is 16.0 Å². The van der Waals surface area contributed by atoms with E-state index in [1.807, 2.05) is 32.0 Å². The van der Waals surface area contributed by atoms with Gasteiger partial charge in [-0.15, -0.1) is 10.2 Å². The summed E-state index contributed by atoms with van der Waals surface area (Å²) in [5.74, 6) is -0.261. The molecule has 1 aliphatic rings. The van der Waals surface area contributed by atoms with Gasteiger partial charge in [-0.25, -0.2) is 4.79 Å². The summed E-state index contributed by atoms with van der Waals surface area (Å²) >= 11 is 2.72. The summed E-state index contributed by atoms with van der Waals surface area (Å²) in [6.45, 7) is 3.90. The fourth-order valence-corrected chi connectivity index (χ4v) is 4.71. The first kappa shape index (κ1) is 20.6. The second kappa shape index (κ2) is 9.88. The van der Waals surface area contributed by atoms with Crippen LogP contribution in [0.4, 0.5) is 15.6 Å². The molecule has 150 valence electrons. The van der Waals surface area contributed by atoms with Gasteiger partial charge in [0.1, 0.15) is 0 Å². The van der Waals surface area contributed by atoms with Gasteiger partial charge < -0.3 is 10.6 Å². The smallest absolute Gasteiger partial charge is 0.325 e. The van der Waals surface area contributed by atoms with Crippen molar-refractivity contribution < 1.29 is 9.59 Å². The van der Waals surface area contributed by atoms with Gasteiger partial charge in [0, 0.05) is 11.7 Å². The summed E-state index contributed by atoms with van der Waals surface area (Å²) < 4.78 is 0.711. The van der Waals surface area contributed by atoms with Crippen molar-refractivity contribution in [1.82, 2.24) is 15.5 Å². The SMILES string of the molecule is Cc1cccc(NC(=O)NC(=O)CSc2nnc(NC3CCCCC3)s2)c1C. The van der Waals surface area contributed by atoms with E-state index in [4.69, 9.17) is 0 Å². The number of rotatable bonds is 6. The molecule has 7 nitrogen and oxygen atoms in total. The van der Waals surface area contributed by atoms with E-state index in [1.165, 1.54) is 55.2 Å². The van der Waals surface area contributed by atoms with Crippen molar-refractivity contribution in [3.05, 3.63) is 29.3 Å². The molecule has 3 amide bonds. The van der Waals surface area contributed by atoms with Crippen molar-refractivity contribution >= 4 is 45.9 Å². The van der Waals surface area contributed by atoms with Gasteiger partial charge in [-0.2, -0.15) is 0 Å². The number of nitrogens with one attached hydrogen (secondary N) is 3. The molecule has 1 aliphatic carbocycles. The summed E-state index contributed by atoms with van der Waals surface area (Å²) in [7, 11) is 0. The van der Waals surface area contributed by atoms with Crippen LogP contribution in [0.2, 0.25) is 0 Å². The zero-order chi connectivity index (χ0) is 19.9. The lowest BCUT2D eigenvalue weighted by Gasteiger charge is -2.21. The first-order valence-corrected chi connectivity index (χ1v) is 11.2. The number of thioether (sulfide) groups is 1. The Morgan fingerprint density at radius 3 is 2.75 bits per heavy atom. The van der Waals surface area contributed by atoms with Gasteiger partial charge in [-0.1, -0.05) is 54.5 Å². The molecule has 1 heterocycles. The summed E-state index contributed by atoms with van der Waals surface area (Å²) in [5, 5.41) is 17.5. The van der Waals surface area contributed by atoms with Crippen molar-refractivity contribution in [2.24, 2.45) is 0 Å². The van der Waals surface area contributed by atoms with E-state index in [0.29, 0.717) is 16.1 Å². The lowest BCUT2D eigenvalue weighted by Crippen LogP contribution is -2.35. The number of carbonyl (C=O) groups is 2. The minimum atomic E-state index is -0.531. The summed E-state index contributed by atoms with van der Waals surface area (Å²) in [6.07, 6.45) is 6.15. The highest BCUT2D eigenvalue weighted by Crippen LogP contribution is 2.28. The van der Waals surface area contributed by atoms with E-state index in [1.54, 1.807) is 0 Å². The molecule has 3 N–H and O–H groups in total. The minimum absolute atomic E-state index is 0.109. The largest absolute Gasteiger partial charge is 0.357 e. The van der Waals surface area contributed by atoms with Crippen LogP contribution in [0.25, 0.3) is 0 Å². The van der Waals surface area contributed by atoms with Crippen LogP contribution in [-0.2, 0) is 4.79 Å². The number of anilines is 2. The number of benzene rings is 1. The highest BCUT2D eigenvalue weighted by Gasteiger charge is 2.16. The van der Waals surface area contributed by atoms with Crippen molar-refractivity contribution in [3.8, 4) is 0 Å². The van der Waals surface area contributed by atoms with Gasteiger partial charge in [0.2, 0.25) is 11.0 Å². The zero-order valence-electron chi connectivity index (χ0n) is 16.1. The summed E-state index contributed by atoms with van der Waals surface area (Å²) in [5.41, 5.74) is 2.75. The molecule has 0 atom stereocenters. The maximum Gasteiger partial charge on any atom is 0.325 e. The number of hydrogen-bond acceptors (Lipinski definition) is 7. The van der Waals surface area contributed by atoms with Gasteiger partial charge >= 0.3 is 6.03 Å². The third-order valence-electron chi connectivity index (χ3n) is 4.77. The van der Waals surface area contributed by atoms with Gasteiger partial charge in [-0.3, -0.25) is 10.1 Å². The first-order chi connectivity index (χ1) is 13.5. The maximum atomic E-state index is 12.0. The molecule has 28 heavy (non-hydrogen) atoms. The molecule has 1 saturated carbocycles. The Balaban J connectivity index is 1.42. The summed E-state index contributed by atoms with van der Waals surface area (Å²) in [6, 6.07) is 5.58. The van der Waals surface area contributed by atoms with Crippen molar-refractivity contribution in [2.45, 2.75) is 56.3 Å². The second-order valence-electron chi connectivity index (χ2n) is 6.89. The lowest BCUT2D eigenvalue weighted by atomic mass is 9.96. The van der Waals surface area contributed by atoms with E-state index in [0.717, 1.165) is 16.3 Å². The molecular weight excluding hydrogens is 394 g/mol. The topological polar surface area (TPSA) is 96.0 Å². The third kappa shape index (κ3) is 5.93. The number of hydrogen-bond donors (Lipinski definition) is 3. The molecule has 0 radical (unpaired) electrons. The normalized spacial score (nSPS) is 14.5. The van der Waals surface area contributed by atoms with Gasteiger partial charge in [0.25, 0.3) is 0 Å². The number of imide groups is 1. The molecular formula is C19H25N5O2S2. The Kier molecular flexibility index (Phi) is 7.27. The number of aromatic nitrogens is 2. The highest BCUT2D eigenvalue weighted by atomic mass is 32.2. The molecule has 9 heteroatoms. The Morgan fingerprint density at radius 2 is 1.96 bits per heavy atom. The van der Waals surface area contributed by atoms with Crippen molar-refractivity contribution in [1.29, 1.82) is 0 Å². The number of carbonyl (C=O) groups excluding carboxylic acids is 2. The van der Waals surface area contributed by atoms with Gasteiger partial charge in [0.15, 0.2) is 4.34 Å². The Labute approximate surface area is 173 Å². The predicted octanol–water partition coefficient (Wildman–Crippen LogP) is 4.34. The van der Waals surface area contributed by atoms with Crippen molar-refractivity contribution in [3.63, 3.8) is 0 Å². The Hall–Kier alpha value is -2.13. The van der Waals surface area contributed by atoms with Crippen LogP contribution in [0.15, 0.2) is 22.5 Å². The number of aryl methyl sites for hydroxylation is 1. The highest BCUT2D eigenvalue weighted by molar-refractivity contribution is 8.01. The standard InChI is InChI=1S/C19H25N5O2S2/c1-12-7-6-10-15(13(12)2)21-17(26)22-16(25)11-27-19-24-23-18(28-19)20-14-8-4-3-5-9-14/h6-7,10,14H,3-5,8-9,11H2,1-2H3,(H,20,23)(H2,21,22,25,26). The summed E-state index contributed by atoms with van der Waals surface area (Å²) in [4.78, 5) is 24.1. The van der Waals surface area contributed by atoms with E-state index < -0.39 is 6.03 Å². The average Bonchev–Trinajstić information content (AvgIpc) is 3.12. The van der Waals surface area contributed by atoms with Crippen LogP contribution in [0, 0.1) is 13.8 Å². The molecule has 0 spiro atoms. The van der Waals surface area contributed by atoms with Crippen LogP contribution in [0.5, 0.6) is 0 Å². The number of nitrogens with zero attached hydrogens (tertiary/aromatic N) is 2. The van der Waals surface area contributed by atoms with Crippen molar-refractivity contribution in [2.75, 3.05) is 16.4 Å². The quantitative estimate of drug-likeness (QED) is 0.603. The van der Waals surface area contributed by atoms with Gasteiger partial charge in [0.05, 0.1) is 5.75 Å². The lowest BCUT2D eigenvalue weighted by molar-refractivity contribution is -0.117. The fraction of sp³-hybridized carbons (Fsp3) is 0.474. The van der Waals surface area contributed by atoms with Gasteiger partial charge in [-0.05, 0) is 43.9 Å². The molecule has 0 saturated heterocycles.